The van der Waals surface area contributed by atoms with Crippen LogP contribution in [0.15, 0.2) is 71.5 Å². The van der Waals surface area contributed by atoms with E-state index in [-0.39, 0.29) is 11.5 Å². The van der Waals surface area contributed by atoms with E-state index in [0.29, 0.717) is 11.9 Å². The van der Waals surface area contributed by atoms with E-state index in [1.807, 2.05) is 62.4 Å². The third-order valence-electron chi connectivity index (χ3n) is 6.35. The molecule has 5 nitrogen and oxygen atoms in total. The molecule has 1 aliphatic rings. The molecule has 160 valence electrons. The monoisotopic (exact) mass is 423 g/mol. The van der Waals surface area contributed by atoms with Crippen molar-refractivity contribution < 1.29 is 4.79 Å². The molecule has 5 heteroatoms. The molecule has 4 aromatic rings. The normalized spacial score (nSPS) is 13.9. The van der Waals surface area contributed by atoms with Crippen LogP contribution in [0.4, 0.5) is 5.69 Å². The Morgan fingerprint density at radius 2 is 1.69 bits per heavy atom. The van der Waals surface area contributed by atoms with Crippen LogP contribution in [0.25, 0.3) is 22.0 Å². The van der Waals surface area contributed by atoms with Gasteiger partial charge in [-0.2, -0.15) is 5.10 Å². The summed E-state index contributed by atoms with van der Waals surface area (Å²) in [5, 5.41) is 6.15. The van der Waals surface area contributed by atoms with Crippen molar-refractivity contribution in [1.29, 1.82) is 0 Å². The molecule has 0 fully saturated rings. The number of aryl methyl sites for hydroxylation is 2. The van der Waals surface area contributed by atoms with Gasteiger partial charge in [-0.25, -0.2) is 4.68 Å². The predicted molar refractivity (Wildman–Crippen MR) is 128 cm³/mol. The number of carbonyl (C=O) groups is 1. The van der Waals surface area contributed by atoms with E-state index in [1.54, 1.807) is 11.8 Å². The van der Waals surface area contributed by atoms with Crippen LogP contribution in [0, 0.1) is 13.8 Å². The lowest BCUT2D eigenvalue weighted by molar-refractivity contribution is -0.121. The lowest BCUT2D eigenvalue weighted by Gasteiger charge is -2.23. The van der Waals surface area contributed by atoms with Crippen molar-refractivity contribution >= 4 is 22.4 Å². The summed E-state index contributed by atoms with van der Waals surface area (Å²) in [5.74, 6) is -0.119. The molecular weight excluding hydrogens is 398 g/mol. The standard InChI is InChI=1S/C27H25N3O2/c1-17-12-13-18(2)23(16-17)25-21-9-5-6-10-22(21)27(32)30(28-25)19(3)26(31)29-15-14-20-8-4-7-11-24(20)29/h4-13,16,19H,14-15H2,1-3H3. The second-order valence-corrected chi connectivity index (χ2v) is 8.51. The Labute approximate surface area is 186 Å². The number of rotatable bonds is 3. The zero-order valence-electron chi connectivity index (χ0n) is 18.5. The first kappa shape index (κ1) is 20.2. The first-order chi connectivity index (χ1) is 15.5. The molecule has 3 aromatic carbocycles. The van der Waals surface area contributed by atoms with Crippen molar-refractivity contribution in [3.63, 3.8) is 0 Å². The van der Waals surface area contributed by atoms with Gasteiger partial charge in [-0.3, -0.25) is 9.59 Å². The van der Waals surface area contributed by atoms with Gasteiger partial charge in [0.25, 0.3) is 11.5 Å². The van der Waals surface area contributed by atoms with Crippen LogP contribution >= 0.6 is 0 Å². The Morgan fingerprint density at radius 1 is 0.969 bits per heavy atom. The highest BCUT2D eigenvalue weighted by atomic mass is 16.2. The van der Waals surface area contributed by atoms with Gasteiger partial charge in [-0.1, -0.05) is 54.1 Å². The maximum Gasteiger partial charge on any atom is 0.275 e. The quantitative estimate of drug-likeness (QED) is 0.474. The number of nitrogens with zero attached hydrogens (tertiary/aromatic N) is 3. The summed E-state index contributed by atoms with van der Waals surface area (Å²) in [5.41, 5.74) is 5.72. The SMILES string of the molecule is Cc1ccc(C)c(-c2nn(C(C)C(=O)N3CCc4ccccc43)c(=O)c3ccccc23)c1. The second kappa shape index (κ2) is 7.75. The third-order valence-corrected chi connectivity index (χ3v) is 6.35. The molecule has 0 spiro atoms. The number of aromatic nitrogens is 2. The minimum absolute atomic E-state index is 0.119. The van der Waals surface area contributed by atoms with E-state index in [0.717, 1.165) is 45.4 Å². The second-order valence-electron chi connectivity index (χ2n) is 8.51. The zero-order valence-corrected chi connectivity index (χ0v) is 18.5. The van der Waals surface area contributed by atoms with Gasteiger partial charge in [0, 0.05) is 23.2 Å². The highest BCUT2D eigenvalue weighted by Gasteiger charge is 2.30. The maximum atomic E-state index is 13.5. The summed E-state index contributed by atoms with van der Waals surface area (Å²) in [7, 11) is 0. The Balaban J connectivity index is 1.66. The fourth-order valence-electron chi connectivity index (χ4n) is 4.56. The number of carbonyl (C=O) groups excluding carboxylic acids is 1. The molecule has 0 aliphatic carbocycles. The van der Waals surface area contributed by atoms with Crippen molar-refractivity contribution in [2.75, 3.05) is 11.4 Å². The van der Waals surface area contributed by atoms with E-state index in [9.17, 15) is 9.59 Å². The van der Waals surface area contributed by atoms with E-state index in [4.69, 9.17) is 5.10 Å². The average molecular weight is 424 g/mol. The molecule has 0 bridgehead atoms. The number of amides is 1. The van der Waals surface area contributed by atoms with Crippen molar-refractivity contribution in [2.45, 2.75) is 33.2 Å². The van der Waals surface area contributed by atoms with Gasteiger partial charge in [0.05, 0.1) is 11.1 Å². The molecule has 2 heterocycles. The van der Waals surface area contributed by atoms with Crippen molar-refractivity contribution in [3.05, 3.63) is 93.8 Å². The smallest absolute Gasteiger partial charge is 0.275 e. The highest BCUT2D eigenvalue weighted by Crippen LogP contribution is 2.31. The molecule has 1 aromatic heterocycles. The van der Waals surface area contributed by atoms with Crippen LogP contribution in [0.5, 0.6) is 0 Å². The Hall–Kier alpha value is -3.73. The van der Waals surface area contributed by atoms with Gasteiger partial charge >= 0.3 is 0 Å². The molecule has 5 rings (SSSR count). The van der Waals surface area contributed by atoms with Crippen molar-refractivity contribution in [1.82, 2.24) is 9.78 Å². The Morgan fingerprint density at radius 3 is 2.50 bits per heavy atom. The molecular formula is C27H25N3O2. The topological polar surface area (TPSA) is 55.2 Å². The highest BCUT2D eigenvalue weighted by molar-refractivity contribution is 5.98. The van der Waals surface area contributed by atoms with Crippen LogP contribution < -0.4 is 10.5 Å². The fourth-order valence-corrected chi connectivity index (χ4v) is 4.56. The van der Waals surface area contributed by atoms with Crippen molar-refractivity contribution in [3.8, 4) is 11.3 Å². The summed E-state index contributed by atoms with van der Waals surface area (Å²) in [6.07, 6.45) is 0.822. The number of anilines is 1. The summed E-state index contributed by atoms with van der Waals surface area (Å²) in [6, 6.07) is 20.9. The van der Waals surface area contributed by atoms with Crippen LogP contribution in [0.3, 0.4) is 0 Å². The van der Waals surface area contributed by atoms with Gasteiger partial charge in [0.2, 0.25) is 0 Å². The molecule has 0 saturated carbocycles. The summed E-state index contributed by atoms with van der Waals surface area (Å²) in [6.45, 7) is 6.46. The molecule has 0 radical (unpaired) electrons. The number of hydrogen-bond acceptors (Lipinski definition) is 3. The number of para-hydroxylation sites is 1. The zero-order chi connectivity index (χ0) is 22.4. The molecule has 0 N–H and O–H groups in total. The third kappa shape index (κ3) is 3.21. The van der Waals surface area contributed by atoms with Gasteiger partial charge in [-0.05, 0) is 56.5 Å². The predicted octanol–water partition coefficient (Wildman–Crippen LogP) is 4.83. The summed E-state index contributed by atoms with van der Waals surface area (Å²) in [4.78, 5) is 28.7. The molecule has 32 heavy (non-hydrogen) atoms. The van der Waals surface area contributed by atoms with Crippen LogP contribution in [-0.4, -0.2) is 22.2 Å². The summed E-state index contributed by atoms with van der Waals surface area (Å²) >= 11 is 0. The van der Waals surface area contributed by atoms with Crippen LogP contribution in [-0.2, 0) is 11.2 Å². The van der Waals surface area contributed by atoms with Crippen molar-refractivity contribution in [2.24, 2.45) is 0 Å². The lowest BCUT2D eigenvalue weighted by atomic mass is 9.99. The minimum atomic E-state index is -0.720. The van der Waals surface area contributed by atoms with E-state index in [1.165, 1.54) is 4.68 Å². The molecule has 1 unspecified atom stereocenters. The van der Waals surface area contributed by atoms with Gasteiger partial charge in [-0.15, -0.1) is 0 Å². The van der Waals surface area contributed by atoms with Gasteiger partial charge < -0.3 is 4.90 Å². The first-order valence-corrected chi connectivity index (χ1v) is 10.9. The Kier molecular flexibility index (Phi) is 4.89. The number of benzene rings is 3. The average Bonchev–Trinajstić information content (AvgIpc) is 3.24. The largest absolute Gasteiger partial charge is 0.310 e. The number of hydrogen-bond donors (Lipinski definition) is 0. The van der Waals surface area contributed by atoms with Crippen LogP contribution in [0.1, 0.15) is 29.7 Å². The van der Waals surface area contributed by atoms with Gasteiger partial charge in [0.1, 0.15) is 6.04 Å². The van der Waals surface area contributed by atoms with Crippen LogP contribution in [0.2, 0.25) is 0 Å². The lowest BCUT2D eigenvalue weighted by Crippen LogP contribution is -2.39. The van der Waals surface area contributed by atoms with E-state index < -0.39 is 6.04 Å². The van der Waals surface area contributed by atoms with Gasteiger partial charge in [0.15, 0.2) is 0 Å². The fraction of sp³-hybridized carbons (Fsp3) is 0.222. The van der Waals surface area contributed by atoms with E-state index in [2.05, 4.69) is 18.2 Å². The summed E-state index contributed by atoms with van der Waals surface area (Å²) < 4.78 is 1.36. The molecule has 1 amide bonds. The Bertz CT molecular complexity index is 1420. The first-order valence-electron chi connectivity index (χ1n) is 10.9. The maximum absolute atomic E-state index is 13.5. The molecule has 0 saturated heterocycles. The van der Waals surface area contributed by atoms with E-state index >= 15 is 0 Å². The minimum Gasteiger partial charge on any atom is -0.310 e. The molecule has 1 aliphatic heterocycles. The number of fused-ring (bicyclic) bond motifs is 2. The molecule has 1 atom stereocenters.